The fourth-order valence-electron chi connectivity index (χ4n) is 2.88. The van der Waals surface area contributed by atoms with E-state index in [4.69, 9.17) is 0 Å². The van der Waals surface area contributed by atoms with Gasteiger partial charge in [-0.2, -0.15) is 0 Å². The molecule has 3 rings (SSSR count). The minimum atomic E-state index is -0.487. The summed E-state index contributed by atoms with van der Waals surface area (Å²) >= 11 is 0. The maximum absolute atomic E-state index is 12.1. The Morgan fingerprint density at radius 1 is 1.23 bits per heavy atom. The summed E-state index contributed by atoms with van der Waals surface area (Å²) in [5, 5.41) is 13.7. The molecule has 0 bridgehead atoms. The maximum Gasteiger partial charge on any atom is 0.276 e. The highest BCUT2D eigenvalue weighted by molar-refractivity contribution is 6.03. The highest BCUT2D eigenvalue weighted by atomic mass is 16.6. The molecule has 0 fully saturated rings. The summed E-state index contributed by atoms with van der Waals surface area (Å²) in [6, 6.07) is 11.6. The van der Waals surface area contributed by atoms with Crippen molar-refractivity contribution < 1.29 is 14.5 Å². The monoisotopic (exact) mass is 351 g/mol. The lowest BCUT2D eigenvalue weighted by atomic mass is 10.0. The molecule has 1 aliphatic rings. The first-order valence-corrected chi connectivity index (χ1v) is 8.07. The highest BCUT2D eigenvalue weighted by Gasteiger charge is 2.20. The van der Waals surface area contributed by atoms with Gasteiger partial charge in [-0.3, -0.25) is 19.7 Å². The van der Waals surface area contributed by atoms with Crippen LogP contribution in [0.4, 0.5) is 17.1 Å². The maximum atomic E-state index is 12.1. The highest BCUT2D eigenvalue weighted by Crippen LogP contribution is 2.29. The van der Waals surface area contributed by atoms with Gasteiger partial charge in [-0.15, -0.1) is 0 Å². The van der Waals surface area contributed by atoms with Gasteiger partial charge in [0.15, 0.2) is 0 Å². The van der Waals surface area contributed by atoms with E-state index < -0.39 is 4.92 Å². The lowest BCUT2D eigenvalue weighted by Gasteiger charge is -2.26. The minimum Gasteiger partial charge on any atom is -0.323 e. The molecule has 2 amide bonds. The van der Waals surface area contributed by atoms with Gasteiger partial charge in [0.05, 0.1) is 10.5 Å². The van der Waals surface area contributed by atoms with Crippen LogP contribution in [0.5, 0.6) is 0 Å². The predicted octanol–water partition coefficient (Wildman–Crippen LogP) is 3.16. The fourth-order valence-corrected chi connectivity index (χ4v) is 2.88. The summed E-state index contributed by atoms with van der Waals surface area (Å²) in [7, 11) is 1.73. The molecule has 0 saturated carbocycles. The number of hydrogen-bond donors (Lipinski definition) is 1. The molecule has 0 spiro atoms. The number of carbonyl (C=O) groups is 2. The van der Waals surface area contributed by atoms with Crippen LogP contribution in [-0.2, 0) is 16.0 Å². The molecule has 132 valence electrons. The van der Waals surface area contributed by atoms with E-state index in [0.29, 0.717) is 24.1 Å². The number of benzene rings is 2. The molecule has 0 saturated heterocycles. The van der Waals surface area contributed by atoms with E-state index in [1.165, 1.54) is 18.2 Å². The van der Waals surface area contributed by atoms with Crippen molar-refractivity contribution in [3.8, 4) is 0 Å². The number of amides is 2. The van der Waals surface area contributed by atoms with Gasteiger partial charge >= 0.3 is 0 Å². The second-order valence-corrected chi connectivity index (χ2v) is 5.93. The Kier molecular flexibility index (Phi) is 4.79. The van der Waals surface area contributed by atoms with Crippen molar-refractivity contribution in [2.75, 3.05) is 17.3 Å². The van der Waals surface area contributed by atoms with E-state index >= 15 is 0 Å². The molecular formula is C19H17N3O4. The van der Waals surface area contributed by atoms with Gasteiger partial charge in [-0.05, 0) is 42.3 Å². The Morgan fingerprint density at radius 3 is 2.77 bits per heavy atom. The van der Waals surface area contributed by atoms with Crippen LogP contribution in [0.15, 0.2) is 48.5 Å². The van der Waals surface area contributed by atoms with Gasteiger partial charge in [0.25, 0.3) is 5.69 Å². The second kappa shape index (κ2) is 7.18. The number of nitrogens with one attached hydrogen (secondary N) is 1. The third-order valence-corrected chi connectivity index (χ3v) is 4.24. The van der Waals surface area contributed by atoms with E-state index in [1.807, 2.05) is 6.07 Å². The van der Waals surface area contributed by atoms with E-state index in [2.05, 4.69) is 5.32 Å². The zero-order valence-corrected chi connectivity index (χ0v) is 14.1. The largest absolute Gasteiger partial charge is 0.323 e. The van der Waals surface area contributed by atoms with Crippen LogP contribution >= 0.6 is 0 Å². The van der Waals surface area contributed by atoms with Crippen LogP contribution in [0.3, 0.4) is 0 Å². The molecule has 2 aromatic rings. The van der Waals surface area contributed by atoms with Crippen LogP contribution in [0.2, 0.25) is 0 Å². The predicted molar refractivity (Wildman–Crippen MR) is 98.9 cm³/mol. The molecule has 1 heterocycles. The van der Waals surface area contributed by atoms with E-state index in [1.54, 1.807) is 42.3 Å². The standard InChI is InChI=1S/C19H17N3O4/c1-21-16-9-8-15(12-14(16)7-11-19(21)24)20-18(23)10-6-13-4-2-3-5-17(13)22(25)26/h2-6,8-10,12H,7,11H2,1H3,(H,20,23)/b10-6+. The Morgan fingerprint density at radius 2 is 2.00 bits per heavy atom. The van der Waals surface area contributed by atoms with Crippen LogP contribution in [-0.4, -0.2) is 23.8 Å². The van der Waals surface area contributed by atoms with Gasteiger partial charge in [0.1, 0.15) is 0 Å². The summed E-state index contributed by atoms with van der Waals surface area (Å²) in [5.41, 5.74) is 2.75. The van der Waals surface area contributed by atoms with Gasteiger partial charge in [0, 0.05) is 37.0 Å². The van der Waals surface area contributed by atoms with Crippen molar-refractivity contribution in [1.82, 2.24) is 0 Å². The van der Waals surface area contributed by atoms with Crippen LogP contribution in [0, 0.1) is 10.1 Å². The van der Waals surface area contributed by atoms with Crippen molar-refractivity contribution in [2.24, 2.45) is 0 Å². The van der Waals surface area contributed by atoms with Crippen LogP contribution in [0.1, 0.15) is 17.5 Å². The molecular weight excluding hydrogens is 334 g/mol. The molecule has 26 heavy (non-hydrogen) atoms. The lowest BCUT2D eigenvalue weighted by molar-refractivity contribution is -0.385. The molecule has 2 aromatic carbocycles. The second-order valence-electron chi connectivity index (χ2n) is 5.93. The van der Waals surface area contributed by atoms with Crippen molar-refractivity contribution in [3.05, 3.63) is 69.8 Å². The number of aryl methyl sites for hydroxylation is 1. The van der Waals surface area contributed by atoms with Gasteiger partial charge < -0.3 is 10.2 Å². The third kappa shape index (κ3) is 3.61. The number of anilines is 2. The smallest absolute Gasteiger partial charge is 0.276 e. The quantitative estimate of drug-likeness (QED) is 0.520. The van der Waals surface area contributed by atoms with Gasteiger partial charge in [0.2, 0.25) is 11.8 Å². The number of nitro benzene ring substituents is 1. The number of para-hydroxylation sites is 1. The molecule has 0 aliphatic carbocycles. The lowest BCUT2D eigenvalue weighted by Crippen LogP contribution is -2.31. The van der Waals surface area contributed by atoms with E-state index in [-0.39, 0.29) is 17.5 Å². The molecule has 0 aromatic heterocycles. The van der Waals surface area contributed by atoms with Crippen molar-refractivity contribution in [2.45, 2.75) is 12.8 Å². The van der Waals surface area contributed by atoms with Gasteiger partial charge in [-0.1, -0.05) is 12.1 Å². The van der Waals surface area contributed by atoms with E-state index in [0.717, 1.165) is 11.3 Å². The Balaban J connectivity index is 1.73. The SMILES string of the molecule is CN1C(=O)CCc2cc(NC(=O)/C=C/c3ccccc3[N+](=O)[O-])ccc21. The number of rotatable bonds is 4. The zero-order valence-electron chi connectivity index (χ0n) is 14.1. The number of nitrogens with zero attached hydrogens (tertiary/aromatic N) is 2. The molecule has 7 heteroatoms. The Hall–Kier alpha value is -3.48. The van der Waals surface area contributed by atoms with Gasteiger partial charge in [-0.25, -0.2) is 0 Å². The molecule has 0 atom stereocenters. The Bertz CT molecular complexity index is 921. The average Bonchev–Trinajstić information content (AvgIpc) is 2.63. The number of nitro groups is 1. The number of fused-ring (bicyclic) bond motifs is 1. The molecule has 1 aliphatic heterocycles. The summed E-state index contributed by atoms with van der Waals surface area (Å²) < 4.78 is 0. The summed E-state index contributed by atoms with van der Waals surface area (Å²) in [4.78, 5) is 35.9. The minimum absolute atomic E-state index is 0.0574. The van der Waals surface area contributed by atoms with Crippen molar-refractivity contribution in [3.63, 3.8) is 0 Å². The van der Waals surface area contributed by atoms with Crippen molar-refractivity contribution in [1.29, 1.82) is 0 Å². The van der Waals surface area contributed by atoms with Crippen molar-refractivity contribution >= 4 is 35.0 Å². The summed E-state index contributed by atoms with van der Waals surface area (Å²) in [5.74, 6) is -0.315. The normalized spacial score (nSPS) is 13.6. The topological polar surface area (TPSA) is 92.6 Å². The van der Waals surface area contributed by atoms with Crippen LogP contribution < -0.4 is 10.2 Å². The zero-order chi connectivity index (χ0) is 18.7. The van der Waals surface area contributed by atoms with E-state index in [9.17, 15) is 19.7 Å². The molecule has 0 radical (unpaired) electrons. The molecule has 0 unspecified atom stereocenters. The molecule has 7 nitrogen and oxygen atoms in total. The fraction of sp³-hybridized carbons (Fsp3) is 0.158. The van der Waals surface area contributed by atoms with Crippen LogP contribution in [0.25, 0.3) is 6.08 Å². The average molecular weight is 351 g/mol. The third-order valence-electron chi connectivity index (χ3n) is 4.24. The molecule has 1 N–H and O–H groups in total. The first kappa shape index (κ1) is 17.3. The summed E-state index contributed by atoms with van der Waals surface area (Å²) in [6.07, 6.45) is 3.75. The summed E-state index contributed by atoms with van der Waals surface area (Å²) in [6.45, 7) is 0. The first-order chi connectivity index (χ1) is 12.5. The first-order valence-electron chi connectivity index (χ1n) is 8.07. The number of carbonyl (C=O) groups excluding carboxylic acids is 2. The Labute approximate surface area is 150 Å². The number of hydrogen-bond acceptors (Lipinski definition) is 4.